The summed E-state index contributed by atoms with van der Waals surface area (Å²) in [4.78, 5) is 24.2. The fourth-order valence-corrected chi connectivity index (χ4v) is 2.14. The van der Waals surface area contributed by atoms with Crippen molar-refractivity contribution in [2.75, 3.05) is 11.9 Å². The zero-order valence-electron chi connectivity index (χ0n) is 11.3. The van der Waals surface area contributed by atoms with Crippen LogP contribution in [0.1, 0.15) is 15.9 Å². The van der Waals surface area contributed by atoms with Crippen molar-refractivity contribution < 1.29 is 14.0 Å². The summed E-state index contributed by atoms with van der Waals surface area (Å²) in [6, 6.07) is 10.8. The summed E-state index contributed by atoms with van der Waals surface area (Å²) >= 11 is 5.91. The fourth-order valence-electron chi connectivity index (χ4n) is 1.91. The van der Waals surface area contributed by atoms with E-state index in [1.807, 2.05) is 0 Å². The van der Waals surface area contributed by atoms with Gasteiger partial charge in [-0.1, -0.05) is 17.7 Å². The Morgan fingerprint density at radius 2 is 1.90 bits per heavy atom. The molecule has 0 aromatic heterocycles. The summed E-state index contributed by atoms with van der Waals surface area (Å²) < 4.78 is 13.7. The highest BCUT2D eigenvalue weighted by atomic mass is 35.5. The number of rotatable bonds is 5. The summed E-state index contributed by atoms with van der Waals surface area (Å²) in [6.07, 6.45) is 0.574. The van der Waals surface area contributed by atoms with Gasteiger partial charge in [0.1, 0.15) is 5.82 Å². The van der Waals surface area contributed by atoms with Crippen molar-refractivity contribution in [2.45, 2.75) is 6.42 Å². The number of carbonyl (C=O) groups excluding carboxylic acids is 2. The number of Topliss-reactive ketones (excluding diaryl/α,β-unsaturated/α-hetero) is 1. The first-order valence-corrected chi connectivity index (χ1v) is 6.65. The van der Waals surface area contributed by atoms with Crippen LogP contribution in [0.3, 0.4) is 0 Å². The van der Waals surface area contributed by atoms with E-state index in [-0.39, 0.29) is 22.8 Å². The molecule has 0 heterocycles. The van der Waals surface area contributed by atoms with Crippen LogP contribution in [0.15, 0.2) is 42.5 Å². The van der Waals surface area contributed by atoms with Crippen LogP contribution in [0.2, 0.25) is 5.02 Å². The van der Waals surface area contributed by atoms with E-state index in [4.69, 9.17) is 11.6 Å². The van der Waals surface area contributed by atoms with Crippen LogP contribution in [0.25, 0.3) is 0 Å². The van der Waals surface area contributed by atoms with E-state index in [1.54, 1.807) is 37.4 Å². The van der Waals surface area contributed by atoms with Gasteiger partial charge in [-0.2, -0.15) is 0 Å². The number of nitrogens with zero attached hydrogens (tertiary/aromatic N) is 1. The predicted molar refractivity (Wildman–Crippen MR) is 80.4 cm³/mol. The van der Waals surface area contributed by atoms with Gasteiger partial charge < -0.3 is 4.90 Å². The van der Waals surface area contributed by atoms with Gasteiger partial charge >= 0.3 is 0 Å². The third kappa shape index (κ3) is 3.47. The van der Waals surface area contributed by atoms with Gasteiger partial charge in [-0.3, -0.25) is 9.59 Å². The smallest absolute Gasteiger partial charge is 0.213 e. The lowest BCUT2D eigenvalue weighted by atomic mass is 10.0. The van der Waals surface area contributed by atoms with Crippen LogP contribution < -0.4 is 4.90 Å². The lowest BCUT2D eigenvalue weighted by Gasteiger charge is -2.11. The molecule has 2 aromatic carbocycles. The summed E-state index contributed by atoms with van der Waals surface area (Å²) in [5, 5.41) is 0.237. The Morgan fingerprint density at radius 3 is 2.48 bits per heavy atom. The topological polar surface area (TPSA) is 37.4 Å². The first-order valence-electron chi connectivity index (χ1n) is 6.27. The molecule has 21 heavy (non-hydrogen) atoms. The molecular formula is C16H13ClFNO2. The van der Waals surface area contributed by atoms with Crippen LogP contribution in [0.4, 0.5) is 10.1 Å². The second kappa shape index (κ2) is 6.50. The Bertz CT molecular complexity index is 650. The van der Waals surface area contributed by atoms with Crippen molar-refractivity contribution >= 4 is 29.5 Å². The van der Waals surface area contributed by atoms with Gasteiger partial charge in [-0.15, -0.1) is 0 Å². The maximum Gasteiger partial charge on any atom is 0.213 e. The summed E-state index contributed by atoms with van der Waals surface area (Å²) in [5.41, 5.74) is 1.31. The van der Waals surface area contributed by atoms with Crippen LogP contribution in [0.5, 0.6) is 0 Å². The number of halogens is 2. The second-order valence-electron chi connectivity index (χ2n) is 4.56. The number of hydrogen-bond acceptors (Lipinski definition) is 2. The van der Waals surface area contributed by atoms with E-state index < -0.39 is 5.82 Å². The molecule has 0 saturated carbocycles. The molecule has 1 amide bonds. The number of carbonyl (C=O) groups is 2. The third-order valence-electron chi connectivity index (χ3n) is 3.15. The number of hydrogen-bond donors (Lipinski definition) is 0. The summed E-state index contributed by atoms with van der Waals surface area (Å²) in [7, 11) is 1.61. The highest BCUT2D eigenvalue weighted by Gasteiger charge is 2.13. The molecule has 0 spiro atoms. The minimum Gasteiger partial charge on any atom is -0.318 e. The van der Waals surface area contributed by atoms with E-state index in [0.717, 1.165) is 0 Å². The maximum absolute atomic E-state index is 13.7. The minimum absolute atomic E-state index is 0.103. The molecule has 0 aliphatic rings. The molecule has 0 aliphatic carbocycles. The van der Waals surface area contributed by atoms with E-state index in [0.29, 0.717) is 17.7 Å². The Labute approximate surface area is 126 Å². The quantitative estimate of drug-likeness (QED) is 0.626. The van der Waals surface area contributed by atoms with Gasteiger partial charge in [0.05, 0.1) is 0 Å². The molecule has 0 aliphatic heterocycles. The Kier molecular flexibility index (Phi) is 4.70. The van der Waals surface area contributed by atoms with Crippen LogP contribution in [0, 0.1) is 5.82 Å². The molecule has 0 bridgehead atoms. The summed E-state index contributed by atoms with van der Waals surface area (Å²) in [5.74, 6) is -0.726. The molecule has 0 radical (unpaired) electrons. The monoisotopic (exact) mass is 305 g/mol. The van der Waals surface area contributed by atoms with E-state index >= 15 is 0 Å². The largest absolute Gasteiger partial charge is 0.318 e. The minimum atomic E-state index is -0.492. The van der Waals surface area contributed by atoms with Crippen molar-refractivity contribution in [1.29, 1.82) is 0 Å². The molecule has 2 rings (SSSR count). The number of ketones is 1. The Morgan fingerprint density at radius 1 is 1.24 bits per heavy atom. The van der Waals surface area contributed by atoms with Gasteiger partial charge in [0.25, 0.3) is 0 Å². The molecule has 0 atom stereocenters. The molecule has 0 saturated heterocycles. The zero-order chi connectivity index (χ0) is 15.4. The predicted octanol–water partition coefficient (Wildman–Crippen LogP) is 3.50. The fraction of sp³-hybridized carbons (Fsp3) is 0.125. The van der Waals surface area contributed by atoms with Gasteiger partial charge in [0.15, 0.2) is 5.78 Å². The Balaban J connectivity index is 2.19. The highest BCUT2D eigenvalue weighted by Crippen LogP contribution is 2.21. The summed E-state index contributed by atoms with van der Waals surface area (Å²) in [6.45, 7) is 0. The molecule has 108 valence electrons. The zero-order valence-corrected chi connectivity index (χ0v) is 12.1. The van der Waals surface area contributed by atoms with Crippen LogP contribution in [-0.2, 0) is 11.2 Å². The van der Waals surface area contributed by atoms with Crippen molar-refractivity contribution in [2.24, 2.45) is 0 Å². The van der Waals surface area contributed by atoms with Gasteiger partial charge in [-0.05, 0) is 36.4 Å². The molecule has 0 unspecified atom stereocenters. The molecular weight excluding hydrogens is 293 g/mol. The van der Waals surface area contributed by atoms with Crippen LogP contribution >= 0.6 is 11.6 Å². The lowest BCUT2D eigenvalue weighted by molar-refractivity contribution is -0.107. The lowest BCUT2D eigenvalue weighted by Crippen LogP contribution is -2.13. The van der Waals surface area contributed by atoms with E-state index in [9.17, 15) is 14.0 Å². The third-order valence-corrected chi connectivity index (χ3v) is 3.51. The van der Waals surface area contributed by atoms with Crippen molar-refractivity contribution in [3.63, 3.8) is 0 Å². The van der Waals surface area contributed by atoms with Crippen LogP contribution in [-0.4, -0.2) is 19.2 Å². The second-order valence-corrected chi connectivity index (χ2v) is 4.97. The van der Waals surface area contributed by atoms with Gasteiger partial charge in [-0.25, -0.2) is 4.39 Å². The number of anilines is 1. The standard InChI is InChI=1S/C16H13ClFNO2/c1-19(10-20)12-7-5-11(6-8-12)16(21)9-13-14(17)3-2-4-15(13)18/h2-8,10H,9H2,1H3. The highest BCUT2D eigenvalue weighted by molar-refractivity contribution is 6.31. The van der Waals surface area contributed by atoms with Gasteiger partial charge in [0, 0.05) is 35.3 Å². The van der Waals surface area contributed by atoms with Crippen molar-refractivity contribution in [3.05, 3.63) is 64.4 Å². The molecule has 0 N–H and O–H groups in total. The van der Waals surface area contributed by atoms with E-state index in [2.05, 4.69) is 0 Å². The number of amides is 1. The maximum atomic E-state index is 13.7. The molecule has 0 fully saturated rings. The first-order chi connectivity index (χ1) is 10.0. The first kappa shape index (κ1) is 15.2. The van der Waals surface area contributed by atoms with Gasteiger partial charge in [0.2, 0.25) is 6.41 Å². The average molecular weight is 306 g/mol. The van der Waals surface area contributed by atoms with Crippen molar-refractivity contribution in [3.8, 4) is 0 Å². The average Bonchev–Trinajstić information content (AvgIpc) is 2.50. The molecule has 2 aromatic rings. The van der Waals surface area contributed by atoms with E-state index in [1.165, 1.54) is 17.0 Å². The molecule has 3 nitrogen and oxygen atoms in total. The number of benzene rings is 2. The normalized spacial score (nSPS) is 10.2. The van der Waals surface area contributed by atoms with Crippen molar-refractivity contribution in [1.82, 2.24) is 0 Å². The SMILES string of the molecule is CN(C=O)c1ccc(C(=O)Cc2c(F)cccc2Cl)cc1. The molecule has 5 heteroatoms. The Hall–Kier alpha value is -2.20.